The number of benzene rings is 2. The van der Waals surface area contributed by atoms with E-state index in [1.165, 1.54) is 12.1 Å². The van der Waals surface area contributed by atoms with Gasteiger partial charge in [-0.05, 0) is 55.7 Å². The lowest BCUT2D eigenvalue weighted by Gasteiger charge is -2.29. The number of fused-ring (bicyclic) bond motifs is 2. The van der Waals surface area contributed by atoms with E-state index in [0.29, 0.717) is 36.6 Å². The van der Waals surface area contributed by atoms with Gasteiger partial charge in [-0.25, -0.2) is 9.07 Å². The fourth-order valence-corrected chi connectivity index (χ4v) is 4.83. The summed E-state index contributed by atoms with van der Waals surface area (Å²) in [6.45, 7) is 3.72. The van der Waals surface area contributed by atoms with Gasteiger partial charge in [-0.2, -0.15) is 5.10 Å². The van der Waals surface area contributed by atoms with Crippen LogP contribution in [0.1, 0.15) is 36.0 Å². The molecule has 0 bridgehead atoms. The van der Waals surface area contributed by atoms with Gasteiger partial charge >= 0.3 is 0 Å². The lowest BCUT2D eigenvalue weighted by atomic mass is 10.1. The molecule has 2 aliphatic heterocycles. The van der Waals surface area contributed by atoms with Gasteiger partial charge in [0.15, 0.2) is 11.9 Å². The summed E-state index contributed by atoms with van der Waals surface area (Å²) in [6, 6.07) is 10.5. The molecular weight excluding hydrogens is 437 g/mol. The van der Waals surface area contributed by atoms with Crippen molar-refractivity contribution < 1.29 is 18.7 Å². The maximum Gasteiger partial charge on any atom is 0.276 e. The molecule has 0 radical (unpaired) electrons. The largest absolute Gasteiger partial charge is 0.378 e. The van der Waals surface area contributed by atoms with Crippen molar-refractivity contribution >= 4 is 39.1 Å². The lowest BCUT2D eigenvalue weighted by molar-refractivity contribution is -0.0367. The van der Waals surface area contributed by atoms with Crippen LogP contribution in [0.15, 0.2) is 42.6 Å². The third kappa shape index (κ3) is 3.80. The number of aromatic nitrogens is 3. The Bertz CT molecular complexity index is 1350. The zero-order valence-electron chi connectivity index (χ0n) is 18.7. The van der Waals surface area contributed by atoms with Crippen LogP contribution in [-0.2, 0) is 9.47 Å². The Labute approximate surface area is 195 Å². The van der Waals surface area contributed by atoms with Crippen LogP contribution in [0.3, 0.4) is 0 Å². The van der Waals surface area contributed by atoms with E-state index < -0.39 is 0 Å². The number of carbonyl (C=O) groups is 1. The van der Waals surface area contributed by atoms with Crippen LogP contribution >= 0.6 is 0 Å². The molecule has 2 aliphatic rings. The number of nitrogens with zero attached hydrogens (tertiary/aromatic N) is 3. The smallest absolute Gasteiger partial charge is 0.276 e. The standard InChI is InChI=1S/C25H26FN5O3/c26-16-4-7-20-19(13-16)21(15-27-20)28-25(32)24-18-6-5-17(30-8-11-33-12-9-30)14-22(18)31(29-24)23-3-1-2-10-34-23/h4-7,13-15,23,27H,1-3,8-12H2,(H,28,32). The van der Waals surface area contributed by atoms with E-state index in [-0.39, 0.29) is 18.0 Å². The molecule has 2 N–H and O–H groups in total. The van der Waals surface area contributed by atoms with Gasteiger partial charge in [0.05, 0.1) is 24.4 Å². The third-order valence-corrected chi connectivity index (χ3v) is 6.60. The summed E-state index contributed by atoms with van der Waals surface area (Å²) in [5.41, 5.74) is 3.53. The second-order valence-corrected chi connectivity index (χ2v) is 8.76. The SMILES string of the molecule is O=C(Nc1c[nH]c2ccc(F)cc12)c1nn(C2CCCCO2)c2cc(N3CCOCC3)ccc12. The monoisotopic (exact) mass is 463 g/mol. The Kier molecular flexibility index (Phi) is 5.43. The average Bonchev–Trinajstić information content (AvgIpc) is 3.46. The maximum atomic E-state index is 13.8. The molecule has 2 aromatic heterocycles. The predicted octanol–water partition coefficient (Wildman–Crippen LogP) is 4.44. The number of halogens is 1. The Morgan fingerprint density at radius 2 is 1.97 bits per heavy atom. The summed E-state index contributed by atoms with van der Waals surface area (Å²) in [7, 11) is 0. The first-order valence-corrected chi connectivity index (χ1v) is 11.7. The van der Waals surface area contributed by atoms with Gasteiger partial charge in [-0.3, -0.25) is 4.79 Å². The molecule has 1 unspecified atom stereocenters. The molecule has 8 nitrogen and oxygen atoms in total. The van der Waals surface area contributed by atoms with Crippen molar-refractivity contribution in [3.8, 4) is 0 Å². The number of rotatable bonds is 4. The first-order valence-electron chi connectivity index (χ1n) is 11.7. The second kappa shape index (κ2) is 8.73. The van der Waals surface area contributed by atoms with Crippen LogP contribution in [0.4, 0.5) is 15.8 Å². The van der Waals surface area contributed by atoms with Crippen molar-refractivity contribution in [2.45, 2.75) is 25.5 Å². The molecule has 2 fully saturated rings. The molecule has 0 saturated carbocycles. The molecule has 2 aromatic carbocycles. The van der Waals surface area contributed by atoms with Crippen LogP contribution in [0.5, 0.6) is 0 Å². The maximum absolute atomic E-state index is 13.8. The molecule has 2 saturated heterocycles. The van der Waals surface area contributed by atoms with Crippen molar-refractivity contribution in [3.05, 3.63) is 54.1 Å². The number of aromatic amines is 1. The minimum absolute atomic E-state index is 0.208. The van der Waals surface area contributed by atoms with Gasteiger partial charge in [0.25, 0.3) is 5.91 Å². The van der Waals surface area contributed by atoms with Crippen molar-refractivity contribution in [1.82, 2.24) is 14.8 Å². The third-order valence-electron chi connectivity index (χ3n) is 6.60. The molecule has 6 rings (SSSR count). The molecule has 4 aromatic rings. The highest BCUT2D eigenvalue weighted by atomic mass is 19.1. The van der Waals surface area contributed by atoms with Gasteiger partial charge in [-0.15, -0.1) is 0 Å². The summed E-state index contributed by atoms with van der Waals surface area (Å²) in [5.74, 6) is -0.703. The van der Waals surface area contributed by atoms with Crippen molar-refractivity contribution in [3.63, 3.8) is 0 Å². The van der Waals surface area contributed by atoms with E-state index in [1.54, 1.807) is 12.3 Å². The average molecular weight is 464 g/mol. The van der Waals surface area contributed by atoms with Gasteiger partial charge < -0.3 is 24.7 Å². The van der Waals surface area contributed by atoms with E-state index in [2.05, 4.69) is 21.3 Å². The Morgan fingerprint density at radius 3 is 2.79 bits per heavy atom. The molecule has 4 heterocycles. The van der Waals surface area contributed by atoms with Crippen molar-refractivity contribution in [1.29, 1.82) is 0 Å². The number of hydrogen-bond donors (Lipinski definition) is 2. The summed E-state index contributed by atoms with van der Waals surface area (Å²) >= 11 is 0. The van der Waals surface area contributed by atoms with E-state index in [0.717, 1.165) is 54.5 Å². The number of hydrogen-bond acceptors (Lipinski definition) is 5. The van der Waals surface area contributed by atoms with Crippen LogP contribution in [0.25, 0.3) is 21.8 Å². The number of carbonyl (C=O) groups excluding carboxylic acids is 1. The zero-order chi connectivity index (χ0) is 23.1. The van der Waals surface area contributed by atoms with Crippen LogP contribution in [0.2, 0.25) is 0 Å². The number of nitrogens with one attached hydrogen (secondary N) is 2. The van der Waals surface area contributed by atoms with Crippen LogP contribution in [-0.4, -0.2) is 53.6 Å². The lowest BCUT2D eigenvalue weighted by Crippen LogP contribution is -2.36. The first kappa shape index (κ1) is 21.1. The molecule has 0 aliphatic carbocycles. The minimum atomic E-state index is -0.359. The fraction of sp³-hybridized carbons (Fsp3) is 0.360. The van der Waals surface area contributed by atoms with Crippen molar-refractivity contribution in [2.75, 3.05) is 43.1 Å². The molecule has 9 heteroatoms. The Morgan fingerprint density at radius 1 is 1.09 bits per heavy atom. The normalized spacial score (nSPS) is 19.1. The minimum Gasteiger partial charge on any atom is -0.378 e. The quantitative estimate of drug-likeness (QED) is 0.467. The molecule has 0 spiro atoms. The van der Waals surface area contributed by atoms with Gasteiger partial charge in [-0.1, -0.05) is 0 Å². The highest BCUT2D eigenvalue weighted by Gasteiger charge is 2.25. The first-order chi connectivity index (χ1) is 16.7. The number of amides is 1. The predicted molar refractivity (Wildman–Crippen MR) is 128 cm³/mol. The van der Waals surface area contributed by atoms with E-state index >= 15 is 0 Å². The topological polar surface area (TPSA) is 84.4 Å². The number of morpholine rings is 1. The molecule has 176 valence electrons. The van der Waals surface area contributed by atoms with E-state index in [1.807, 2.05) is 16.8 Å². The molecular formula is C25H26FN5O3. The van der Waals surface area contributed by atoms with Crippen molar-refractivity contribution in [2.24, 2.45) is 0 Å². The Hall–Kier alpha value is -3.43. The fourth-order valence-electron chi connectivity index (χ4n) is 4.83. The van der Waals surface area contributed by atoms with E-state index in [9.17, 15) is 9.18 Å². The molecule has 1 amide bonds. The summed E-state index contributed by atoms with van der Waals surface area (Å²) in [5, 5.41) is 9.02. The molecule has 1 atom stereocenters. The van der Waals surface area contributed by atoms with E-state index in [4.69, 9.17) is 14.6 Å². The van der Waals surface area contributed by atoms with Crippen LogP contribution in [0, 0.1) is 5.82 Å². The van der Waals surface area contributed by atoms with Gasteiger partial charge in [0.1, 0.15) is 5.82 Å². The highest BCUT2D eigenvalue weighted by molar-refractivity contribution is 6.14. The number of anilines is 2. The summed E-state index contributed by atoms with van der Waals surface area (Å²) in [6.07, 6.45) is 4.39. The summed E-state index contributed by atoms with van der Waals surface area (Å²) in [4.78, 5) is 18.7. The highest BCUT2D eigenvalue weighted by Crippen LogP contribution is 2.32. The summed E-state index contributed by atoms with van der Waals surface area (Å²) < 4.78 is 27.2. The van der Waals surface area contributed by atoms with Gasteiger partial charge in [0, 0.05) is 47.9 Å². The van der Waals surface area contributed by atoms with Gasteiger partial charge in [0.2, 0.25) is 0 Å². The van der Waals surface area contributed by atoms with Crippen LogP contribution < -0.4 is 10.2 Å². The second-order valence-electron chi connectivity index (χ2n) is 8.76. The number of ether oxygens (including phenoxy) is 2. The zero-order valence-corrected chi connectivity index (χ0v) is 18.7. The number of H-pyrrole nitrogens is 1. The molecule has 34 heavy (non-hydrogen) atoms. The Balaban J connectivity index is 1.39.